The van der Waals surface area contributed by atoms with Gasteiger partial charge in [-0.1, -0.05) is 0 Å². The van der Waals surface area contributed by atoms with E-state index in [4.69, 9.17) is 68.3 Å². The fraction of sp³-hybridized carbons (Fsp3) is 0.765. The molecule has 0 aromatic carbocycles. The average molecular weight is 769 g/mol. The van der Waals surface area contributed by atoms with Crippen LogP contribution in [0.1, 0.15) is 40.2 Å². The summed E-state index contributed by atoms with van der Waals surface area (Å²) in [5.41, 5.74) is 10.2. The lowest BCUT2D eigenvalue weighted by atomic mass is 10.1. The van der Waals surface area contributed by atoms with Crippen LogP contribution < -0.4 is 22.8 Å². The molecule has 8 atom stereocenters. The van der Waals surface area contributed by atoms with Crippen LogP contribution in [-0.2, 0) is 56.8 Å². The second-order valence-electron chi connectivity index (χ2n) is 13.9. The van der Waals surface area contributed by atoms with E-state index in [2.05, 4.69) is 9.97 Å². The molecule has 20 heteroatoms. The number of hydrogen-bond acceptors (Lipinski definition) is 18. The lowest BCUT2D eigenvalue weighted by molar-refractivity contribution is -0.203. The molecule has 0 bridgehead atoms. The van der Waals surface area contributed by atoms with Gasteiger partial charge in [-0.05, 0) is 39.8 Å². The highest BCUT2D eigenvalue weighted by Crippen LogP contribution is 2.44. The van der Waals surface area contributed by atoms with Gasteiger partial charge >= 0.3 is 11.4 Å². The Hall–Kier alpha value is -3.12. The molecule has 6 rings (SSSR count). The topological polar surface area (TPSA) is 233 Å². The number of aromatic nitrogens is 4. The van der Waals surface area contributed by atoms with Gasteiger partial charge in [-0.3, -0.25) is 9.13 Å². The number of nitrogens with two attached hydrogens (primary N) is 2. The first-order valence-corrected chi connectivity index (χ1v) is 18.1. The fourth-order valence-electron chi connectivity index (χ4n) is 6.67. The Morgan fingerprint density at radius 2 is 0.870 bits per heavy atom. The summed E-state index contributed by atoms with van der Waals surface area (Å²) in [5, 5.41) is 0. The number of hydrogen-bond donors (Lipinski definition) is 2. The van der Waals surface area contributed by atoms with Gasteiger partial charge in [0.05, 0.1) is 79.3 Å². The van der Waals surface area contributed by atoms with Crippen LogP contribution in [-0.4, -0.2) is 147 Å². The summed E-state index contributed by atoms with van der Waals surface area (Å²) in [6, 6.07) is 3.07. The highest BCUT2D eigenvalue weighted by molar-refractivity contribution is 5.24. The molecule has 302 valence electrons. The van der Waals surface area contributed by atoms with Crippen LogP contribution in [0.2, 0.25) is 0 Å². The molecule has 0 spiro atoms. The minimum Gasteiger partial charge on any atom is -0.383 e. The Kier molecular flexibility index (Phi) is 13.7. The second kappa shape index (κ2) is 18.2. The molecule has 20 nitrogen and oxygen atoms in total. The Morgan fingerprint density at radius 1 is 0.556 bits per heavy atom. The van der Waals surface area contributed by atoms with Crippen LogP contribution in [0.3, 0.4) is 0 Å². The standard InChI is InChI=1S/C34H52N6O14/c1-33(2)51-25-21(49-29(27(25)53-33)39-7-5-23(35)37-31(39)41)19-47-17-15-45-13-11-43-9-10-44-12-14-46-16-18-48-20-22-26-28(54-34(3,4)52-26)30(50-22)40-8-6-24(36)38-32(40)42/h5-8,21-22,25-30H,9-20H2,1-4H3,(H2,35,37,41)(H2,36,38,42). The maximum absolute atomic E-state index is 12.4. The van der Waals surface area contributed by atoms with Gasteiger partial charge in [0.25, 0.3) is 0 Å². The Labute approximate surface area is 312 Å². The molecule has 4 saturated heterocycles. The lowest BCUT2D eigenvalue weighted by Crippen LogP contribution is -2.35. The van der Waals surface area contributed by atoms with Gasteiger partial charge in [0, 0.05) is 12.4 Å². The van der Waals surface area contributed by atoms with E-state index in [1.54, 1.807) is 0 Å². The molecule has 0 aliphatic carbocycles. The van der Waals surface area contributed by atoms with E-state index < -0.39 is 72.0 Å². The van der Waals surface area contributed by atoms with Crippen molar-refractivity contribution in [1.29, 1.82) is 0 Å². The van der Waals surface area contributed by atoms with E-state index in [1.807, 2.05) is 27.7 Å². The van der Waals surface area contributed by atoms with Gasteiger partial charge in [0.2, 0.25) is 0 Å². The van der Waals surface area contributed by atoms with Crippen LogP contribution in [0.25, 0.3) is 0 Å². The molecule has 0 radical (unpaired) electrons. The van der Waals surface area contributed by atoms with Gasteiger partial charge in [-0.25, -0.2) is 9.59 Å². The summed E-state index contributed by atoms with van der Waals surface area (Å²) >= 11 is 0. The third-order valence-electron chi connectivity index (χ3n) is 8.93. The number of rotatable bonds is 21. The van der Waals surface area contributed by atoms with Crippen molar-refractivity contribution in [2.45, 2.75) is 88.3 Å². The van der Waals surface area contributed by atoms with Crippen LogP contribution in [0, 0.1) is 0 Å². The van der Waals surface area contributed by atoms with Crippen molar-refractivity contribution in [2.24, 2.45) is 0 Å². The normalized spacial score (nSPS) is 29.5. The smallest absolute Gasteiger partial charge is 0.351 e. The van der Waals surface area contributed by atoms with Crippen LogP contribution in [0.5, 0.6) is 0 Å². The summed E-state index contributed by atoms with van der Waals surface area (Å²) in [6.45, 7) is 11.6. The molecule has 6 heterocycles. The fourth-order valence-corrected chi connectivity index (χ4v) is 6.67. The minimum absolute atomic E-state index is 0.131. The number of fused-ring (bicyclic) bond motifs is 2. The third kappa shape index (κ3) is 10.4. The Morgan fingerprint density at radius 3 is 1.20 bits per heavy atom. The van der Waals surface area contributed by atoms with Crippen molar-refractivity contribution in [2.75, 3.05) is 90.7 Å². The summed E-state index contributed by atoms with van der Waals surface area (Å²) in [4.78, 5) is 32.4. The van der Waals surface area contributed by atoms with E-state index in [1.165, 1.54) is 33.7 Å². The molecule has 4 aliphatic heterocycles. The summed E-state index contributed by atoms with van der Waals surface area (Å²) < 4.78 is 73.0. The minimum atomic E-state index is -0.828. The largest absolute Gasteiger partial charge is 0.383 e. The zero-order chi connectivity index (χ0) is 38.3. The average Bonchev–Trinajstić information content (AvgIpc) is 3.80. The molecular weight excluding hydrogens is 716 g/mol. The molecule has 4 N–H and O–H groups in total. The maximum atomic E-state index is 12.4. The SMILES string of the molecule is CC1(C)OC2C(COCCOCCOCCOCCOCCOCC3OC(n4ccc(N)nc4=O)C4OC(C)(C)OC34)OC(n3ccc(N)nc3=O)C2O1. The van der Waals surface area contributed by atoms with E-state index in [0.717, 1.165) is 0 Å². The van der Waals surface area contributed by atoms with Crippen molar-refractivity contribution in [1.82, 2.24) is 19.1 Å². The Bertz CT molecular complexity index is 1510. The first kappa shape index (κ1) is 40.5. The number of anilines is 2. The summed E-state index contributed by atoms with van der Waals surface area (Å²) in [7, 11) is 0. The zero-order valence-corrected chi connectivity index (χ0v) is 31.1. The highest BCUT2D eigenvalue weighted by atomic mass is 16.8. The Balaban J connectivity index is 0.750. The molecule has 0 saturated carbocycles. The van der Waals surface area contributed by atoms with Crippen molar-refractivity contribution >= 4 is 11.6 Å². The molecular formula is C34H52N6O14. The first-order valence-electron chi connectivity index (χ1n) is 18.1. The van der Waals surface area contributed by atoms with Gasteiger partial charge in [0.15, 0.2) is 24.0 Å². The van der Waals surface area contributed by atoms with Gasteiger partial charge in [0.1, 0.15) is 48.3 Å². The first-order chi connectivity index (χ1) is 25.9. The molecule has 54 heavy (non-hydrogen) atoms. The lowest BCUT2D eigenvalue weighted by Gasteiger charge is -2.24. The predicted molar refractivity (Wildman–Crippen MR) is 186 cm³/mol. The molecule has 4 fully saturated rings. The van der Waals surface area contributed by atoms with Crippen LogP contribution in [0.4, 0.5) is 11.6 Å². The summed E-state index contributed by atoms with van der Waals surface area (Å²) in [6.07, 6.45) is -1.10. The van der Waals surface area contributed by atoms with E-state index in [0.29, 0.717) is 66.1 Å². The van der Waals surface area contributed by atoms with Crippen LogP contribution in [0.15, 0.2) is 34.1 Å². The predicted octanol–water partition coefficient (Wildman–Crippen LogP) is -0.401. The summed E-state index contributed by atoms with van der Waals surface area (Å²) in [5.74, 6) is -1.39. The number of ether oxygens (including phenoxy) is 12. The monoisotopic (exact) mass is 768 g/mol. The van der Waals surface area contributed by atoms with Gasteiger partial charge in [-0.2, -0.15) is 9.97 Å². The molecule has 2 aromatic heterocycles. The van der Waals surface area contributed by atoms with Crippen molar-refractivity contribution in [3.63, 3.8) is 0 Å². The van der Waals surface area contributed by atoms with Crippen molar-refractivity contribution in [3.05, 3.63) is 45.5 Å². The van der Waals surface area contributed by atoms with E-state index in [-0.39, 0.29) is 24.8 Å². The third-order valence-corrected chi connectivity index (χ3v) is 8.93. The second-order valence-corrected chi connectivity index (χ2v) is 13.9. The van der Waals surface area contributed by atoms with Crippen molar-refractivity contribution < 1.29 is 56.8 Å². The van der Waals surface area contributed by atoms with Crippen LogP contribution >= 0.6 is 0 Å². The highest BCUT2D eigenvalue weighted by Gasteiger charge is 2.57. The molecule has 8 unspecified atom stereocenters. The van der Waals surface area contributed by atoms with Gasteiger partial charge < -0.3 is 68.3 Å². The zero-order valence-electron chi connectivity index (χ0n) is 31.1. The van der Waals surface area contributed by atoms with Gasteiger partial charge in [-0.15, -0.1) is 0 Å². The number of nitrogens with zero attached hydrogens (tertiary/aromatic N) is 4. The van der Waals surface area contributed by atoms with E-state index in [9.17, 15) is 9.59 Å². The quantitative estimate of drug-likeness (QED) is 0.154. The number of nitrogen functional groups attached to an aromatic ring is 2. The maximum Gasteiger partial charge on any atom is 0.351 e. The van der Waals surface area contributed by atoms with E-state index >= 15 is 0 Å². The molecule has 2 aromatic rings. The molecule has 4 aliphatic rings. The molecule has 0 amide bonds. The van der Waals surface area contributed by atoms with Crippen molar-refractivity contribution in [3.8, 4) is 0 Å².